The second kappa shape index (κ2) is 8.23. The highest BCUT2D eigenvalue weighted by molar-refractivity contribution is 5.75. The second-order valence-electron chi connectivity index (χ2n) is 6.49. The summed E-state index contributed by atoms with van der Waals surface area (Å²) in [5.41, 5.74) is 2.16. The van der Waals surface area contributed by atoms with Gasteiger partial charge in [0.25, 0.3) is 0 Å². The van der Waals surface area contributed by atoms with Gasteiger partial charge in [-0.2, -0.15) is 0 Å². The van der Waals surface area contributed by atoms with Crippen LogP contribution >= 0.6 is 0 Å². The number of benzene rings is 2. The minimum Gasteiger partial charge on any atom is -0.496 e. The van der Waals surface area contributed by atoms with Crippen LogP contribution in [-0.4, -0.2) is 45.3 Å². The number of carbonyl (C=O) groups excluding carboxylic acids is 1. The van der Waals surface area contributed by atoms with Crippen molar-refractivity contribution >= 4 is 5.97 Å². The zero-order valence-corrected chi connectivity index (χ0v) is 15.5. The van der Waals surface area contributed by atoms with Gasteiger partial charge in [0.1, 0.15) is 11.5 Å². The Morgan fingerprint density at radius 2 is 1.62 bits per heavy atom. The van der Waals surface area contributed by atoms with Gasteiger partial charge in [-0.05, 0) is 17.7 Å². The van der Waals surface area contributed by atoms with E-state index in [2.05, 4.69) is 17.0 Å². The van der Waals surface area contributed by atoms with Gasteiger partial charge in [-0.15, -0.1) is 0 Å². The predicted molar refractivity (Wildman–Crippen MR) is 99.5 cm³/mol. The maximum atomic E-state index is 12.5. The maximum absolute atomic E-state index is 12.5. The van der Waals surface area contributed by atoms with Crippen molar-refractivity contribution in [2.24, 2.45) is 5.92 Å². The molecule has 1 aliphatic rings. The Hall–Kier alpha value is -2.53. The third-order valence-corrected chi connectivity index (χ3v) is 4.99. The number of carbonyl (C=O) groups is 1. The van der Waals surface area contributed by atoms with Crippen LogP contribution in [0.4, 0.5) is 0 Å². The van der Waals surface area contributed by atoms with E-state index >= 15 is 0 Å². The molecule has 3 rings (SSSR count). The van der Waals surface area contributed by atoms with Crippen LogP contribution in [0.2, 0.25) is 0 Å². The normalized spacial score (nSPS) is 20.0. The molecule has 5 nitrogen and oxygen atoms in total. The minimum atomic E-state index is -0.256. The Labute approximate surface area is 154 Å². The van der Waals surface area contributed by atoms with Gasteiger partial charge >= 0.3 is 5.97 Å². The summed E-state index contributed by atoms with van der Waals surface area (Å²) >= 11 is 0. The Kier molecular flexibility index (Phi) is 5.78. The number of likely N-dealkylation sites (tertiary alicyclic amines) is 1. The highest BCUT2D eigenvalue weighted by Crippen LogP contribution is 2.43. The highest BCUT2D eigenvalue weighted by atomic mass is 16.5. The maximum Gasteiger partial charge on any atom is 0.310 e. The van der Waals surface area contributed by atoms with E-state index < -0.39 is 0 Å². The molecule has 2 atom stereocenters. The molecular formula is C21H25NO4. The van der Waals surface area contributed by atoms with Gasteiger partial charge in [-0.25, -0.2) is 0 Å². The summed E-state index contributed by atoms with van der Waals surface area (Å²) in [4.78, 5) is 14.7. The minimum absolute atomic E-state index is 0.0442. The third kappa shape index (κ3) is 3.68. The molecular weight excluding hydrogens is 330 g/mol. The predicted octanol–water partition coefficient (Wildman–Crippen LogP) is 3.09. The van der Waals surface area contributed by atoms with Gasteiger partial charge in [-0.1, -0.05) is 36.4 Å². The van der Waals surface area contributed by atoms with Crippen LogP contribution in [0.3, 0.4) is 0 Å². The van der Waals surface area contributed by atoms with Gasteiger partial charge in [-0.3, -0.25) is 9.69 Å². The van der Waals surface area contributed by atoms with E-state index in [1.165, 1.54) is 12.7 Å². The molecule has 0 saturated carbocycles. The largest absolute Gasteiger partial charge is 0.496 e. The van der Waals surface area contributed by atoms with E-state index in [1.54, 1.807) is 14.2 Å². The third-order valence-electron chi connectivity index (χ3n) is 4.99. The zero-order chi connectivity index (χ0) is 18.5. The van der Waals surface area contributed by atoms with E-state index in [4.69, 9.17) is 14.2 Å². The Morgan fingerprint density at radius 3 is 2.19 bits per heavy atom. The lowest BCUT2D eigenvalue weighted by molar-refractivity contribution is -0.145. The fourth-order valence-electron chi connectivity index (χ4n) is 3.78. The molecule has 0 bridgehead atoms. The molecule has 0 aliphatic carbocycles. The molecule has 1 saturated heterocycles. The van der Waals surface area contributed by atoms with Gasteiger partial charge in [0.05, 0.1) is 27.2 Å². The van der Waals surface area contributed by atoms with Crippen LogP contribution in [0.15, 0.2) is 48.5 Å². The van der Waals surface area contributed by atoms with Crippen molar-refractivity contribution in [2.45, 2.75) is 12.5 Å². The van der Waals surface area contributed by atoms with Crippen molar-refractivity contribution in [3.63, 3.8) is 0 Å². The van der Waals surface area contributed by atoms with Crippen molar-refractivity contribution in [2.75, 3.05) is 34.4 Å². The van der Waals surface area contributed by atoms with Crippen LogP contribution in [-0.2, 0) is 16.1 Å². The number of methoxy groups -OCH3 is 3. The number of esters is 1. The van der Waals surface area contributed by atoms with Gasteiger partial charge in [0, 0.05) is 31.1 Å². The standard InChI is InChI=1S/C21H25NO4/c1-24-18-10-7-11-19(25-2)20(18)16-13-22(14-17(16)21(23)26-3)12-15-8-5-4-6-9-15/h4-11,16-17H,12-14H2,1-3H3/t16-,17-/m1/s1. The summed E-state index contributed by atoms with van der Waals surface area (Å²) in [6, 6.07) is 16.0. The summed E-state index contributed by atoms with van der Waals surface area (Å²) in [6.07, 6.45) is 0. The lowest BCUT2D eigenvalue weighted by atomic mass is 9.87. The molecule has 2 aromatic carbocycles. The summed E-state index contributed by atoms with van der Waals surface area (Å²) < 4.78 is 16.2. The van der Waals surface area contributed by atoms with Crippen LogP contribution in [0, 0.1) is 5.92 Å². The molecule has 1 fully saturated rings. The highest BCUT2D eigenvalue weighted by Gasteiger charge is 2.41. The molecule has 0 spiro atoms. The Bertz CT molecular complexity index is 725. The van der Waals surface area contributed by atoms with Crippen molar-refractivity contribution in [3.05, 3.63) is 59.7 Å². The van der Waals surface area contributed by atoms with Gasteiger partial charge < -0.3 is 14.2 Å². The van der Waals surface area contributed by atoms with E-state index in [9.17, 15) is 4.79 Å². The number of hydrogen-bond acceptors (Lipinski definition) is 5. The first-order valence-electron chi connectivity index (χ1n) is 8.73. The van der Waals surface area contributed by atoms with Gasteiger partial charge in [0.2, 0.25) is 0 Å². The van der Waals surface area contributed by atoms with E-state index in [0.717, 1.165) is 30.2 Å². The van der Waals surface area contributed by atoms with E-state index in [1.807, 2.05) is 36.4 Å². The molecule has 0 radical (unpaired) electrons. The first-order chi connectivity index (χ1) is 12.7. The molecule has 1 aliphatic heterocycles. The molecule has 2 aromatic rings. The molecule has 1 heterocycles. The number of nitrogens with zero attached hydrogens (tertiary/aromatic N) is 1. The number of hydrogen-bond donors (Lipinski definition) is 0. The Morgan fingerprint density at radius 1 is 0.962 bits per heavy atom. The molecule has 26 heavy (non-hydrogen) atoms. The summed E-state index contributed by atoms with van der Waals surface area (Å²) in [7, 11) is 4.73. The van der Waals surface area contributed by atoms with Crippen molar-refractivity contribution in [1.29, 1.82) is 0 Å². The smallest absolute Gasteiger partial charge is 0.310 e. The SMILES string of the molecule is COC(=O)[C@@H]1CN(Cc2ccccc2)C[C@H]1c1c(OC)cccc1OC. The zero-order valence-electron chi connectivity index (χ0n) is 15.5. The molecule has 5 heteroatoms. The fraction of sp³-hybridized carbons (Fsp3) is 0.381. The van der Waals surface area contributed by atoms with Crippen molar-refractivity contribution in [1.82, 2.24) is 4.90 Å². The molecule has 0 aromatic heterocycles. The first kappa shape index (κ1) is 18.3. The molecule has 0 unspecified atom stereocenters. The van der Waals surface area contributed by atoms with Gasteiger partial charge in [0.15, 0.2) is 0 Å². The molecule has 138 valence electrons. The van der Waals surface area contributed by atoms with Crippen LogP contribution < -0.4 is 9.47 Å². The van der Waals surface area contributed by atoms with Crippen LogP contribution in [0.1, 0.15) is 17.0 Å². The number of rotatable bonds is 6. The average Bonchev–Trinajstić information content (AvgIpc) is 3.10. The average molecular weight is 355 g/mol. The lowest BCUT2D eigenvalue weighted by Gasteiger charge is -2.22. The molecule has 0 amide bonds. The monoisotopic (exact) mass is 355 g/mol. The van der Waals surface area contributed by atoms with Crippen LogP contribution in [0.5, 0.6) is 11.5 Å². The van der Waals surface area contributed by atoms with Crippen molar-refractivity contribution < 1.29 is 19.0 Å². The summed E-state index contributed by atoms with van der Waals surface area (Å²) in [5, 5.41) is 0. The van der Waals surface area contributed by atoms with Crippen LogP contribution in [0.25, 0.3) is 0 Å². The summed E-state index contributed by atoms with van der Waals surface area (Å²) in [6.45, 7) is 2.18. The summed E-state index contributed by atoms with van der Waals surface area (Å²) in [5.74, 6) is 0.985. The fourth-order valence-corrected chi connectivity index (χ4v) is 3.78. The molecule has 0 N–H and O–H groups in total. The first-order valence-corrected chi connectivity index (χ1v) is 8.73. The van der Waals surface area contributed by atoms with Crippen molar-refractivity contribution in [3.8, 4) is 11.5 Å². The van der Waals surface area contributed by atoms with E-state index in [-0.39, 0.29) is 17.8 Å². The topological polar surface area (TPSA) is 48.0 Å². The lowest BCUT2D eigenvalue weighted by Crippen LogP contribution is -2.24. The Balaban J connectivity index is 1.92. The quantitative estimate of drug-likeness (QED) is 0.745. The number of ether oxygens (including phenoxy) is 3. The van der Waals surface area contributed by atoms with E-state index in [0.29, 0.717) is 6.54 Å². The second-order valence-corrected chi connectivity index (χ2v) is 6.49.